The third kappa shape index (κ3) is 5.03. The van der Waals surface area contributed by atoms with Gasteiger partial charge in [-0.1, -0.05) is 26.0 Å². The minimum Gasteiger partial charge on any atom is -0.333 e. The number of fused-ring (bicyclic) bond motifs is 1. The Morgan fingerprint density at radius 3 is 2.69 bits per heavy atom. The molecule has 0 unspecified atom stereocenters. The molecular weight excluding hydrogens is 419 g/mol. The molecular formula is C23H28F3N5O. The number of halogens is 3. The predicted molar refractivity (Wildman–Crippen MR) is 114 cm³/mol. The maximum atomic E-state index is 13.0. The van der Waals surface area contributed by atoms with E-state index in [1.807, 2.05) is 6.20 Å². The number of hydrogen-bond acceptors (Lipinski definition) is 4. The number of carbonyl (C=O) groups is 1. The van der Waals surface area contributed by atoms with Crippen LogP contribution in [0, 0.1) is 5.92 Å². The van der Waals surface area contributed by atoms with Crippen LogP contribution in [0.2, 0.25) is 0 Å². The van der Waals surface area contributed by atoms with Crippen molar-refractivity contribution in [2.45, 2.75) is 51.4 Å². The number of aromatic nitrogens is 2. The summed E-state index contributed by atoms with van der Waals surface area (Å²) in [5.41, 5.74) is 2.08. The average molecular weight is 448 g/mol. The van der Waals surface area contributed by atoms with E-state index in [1.165, 1.54) is 12.1 Å². The normalized spacial score (nSPS) is 21.0. The van der Waals surface area contributed by atoms with E-state index in [1.54, 1.807) is 4.90 Å². The summed E-state index contributed by atoms with van der Waals surface area (Å²) in [4.78, 5) is 23.8. The third-order valence-corrected chi connectivity index (χ3v) is 6.06. The van der Waals surface area contributed by atoms with E-state index < -0.39 is 11.7 Å². The minimum absolute atomic E-state index is 0.0849. The lowest BCUT2D eigenvalue weighted by molar-refractivity contribution is -0.137. The summed E-state index contributed by atoms with van der Waals surface area (Å²) in [6.45, 7) is 6.42. The van der Waals surface area contributed by atoms with E-state index in [4.69, 9.17) is 0 Å². The third-order valence-electron chi connectivity index (χ3n) is 6.06. The quantitative estimate of drug-likeness (QED) is 0.753. The summed E-state index contributed by atoms with van der Waals surface area (Å²) in [5.74, 6) is 1.16. The van der Waals surface area contributed by atoms with Crippen molar-refractivity contribution in [2.24, 2.45) is 5.92 Å². The largest absolute Gasteiger partial charge is 0.416 e. The maximum absolute atomic E-state index is 13.0. The zero-order chi connectivity index (χ0) is 22.9. The van der Waals surface area contributed by atoms with Crippen molar-refractivity contribution >= 4 is 6.03 Å². The molecule has 0 aliphatic carbocycles. The number of amides is 2. The highest BCUT2D eigenvalue weighted by molar-refractivity contribution is 5.75. The van der Waals surface area contributed by atoms with Crippen LogP contribution >= 0.6 is 0 Å². The number of urea groups is 1. The van der Waals surface area contributed by atoms with Gasteiger partial charge in [0.05, 0.1) is 23.8 Å². The molecule has 172 valence electrons. The Morgan fingerprint density at radius 2 is 2.00 bits per heavy atom. The predicted octanol–water partition coefficient (Wildman–Crippen LogP) is 3.52. The molecule has 3 heterocycles. The second-order valence-electron chi connectivity index (χ2n) is 8.97. The van der Waals surface area contributed by atoms with Gasteiger partial charge in [0, 0.05) is 38.2 Å². The van der Waals surface area contributed by atoms with Crippen molar-refractivity contribution in [3.8, 4) is 0 Å². The summed E-state index contributed by atoms with van der Waals surface area (Å²) in [7, 11) is 0. The lowest BCUT2D eigenvalue weighted by atomic mass is 9.93. The van der Waals surface area contributed by atoms with Gasteiger partial charge in [-0.15, -0.1) is 0 Å². The average Bonchev–Trinajstić information content (AvgIpc) is 3.20. The maximum Gasteiger partial charge on any atom is 0.416 e. The number of alkyl halides is 3. The first kappa shape index (κ1) is 22.5. The summed E-state index contributed by atoms with van der Waals surface area (Å²) >= 11 is 0. The molecule has 1 saturated heterocycles. The molecule has 4 rings (SSSR count). The Balaban J connectivity index is 1.41. The fourth-order valence-electron chi connectivity index (χ4n) is 4.33. The van der Waals surface area contributed by atoms with E-state index in [0.29, 0.717) is 38.5 Å². The van der Waals surface area contributed by atoms with Gasteiger partial charge in [0.15, 0.2) is 0 Å². The van der Waals surface area contributed by atoms with Crippen LogP contribution in [0.15, 0.2) is 30.5 Å². The van der Waals surface area contributed by atoms with Crippen LogP contribution < -0.4 is 10.6 Å². The monoisotopic (exact) mass is 447 g/mol. The van der Waals surface area contributed by atoms with E-state index in [0.717, 1.165) is 41.2 Å². The van der Waals surface area contributed by atoms with Gasteiger partial charge in [-0.2, -0.15) is 13.2 Å². The molecule has 2 aliphatic rings. The topological polar surface area (TPSA) is 70.2 Å². The molecule has 9 heteroatoms. The zero-order valence-electron chi connectivity index (χ0n) is 18.2. The van der Waals surface area contributed by atoms with Gasteiger partial charge in [0.2, 0.25) is 0 Å². The van der Waals surface area contributed by atoms with Gasteiger partial charge in [-0.3, -0.25) is 0 Å². The van der Waals surface area contributed by atoms with Gasteiger partial charge in [0.1, 0.15) is 5.82 Å². The van der Waals surface area contributed by atoms with Crippen LogP contribution in [-0.4, -0.2) is 46.6 Å². The molecule has 1 aromatic carbocycles. The number of nitrogens with zero attached hydrogens (tertiary/aromatic N) is 3. The van der Waals surface area contributed by atoms with Crippen molar-refractivity contribution in [1.29, 1.82) is 0 Å². The number of hydrogen-bond donors (Lipinski definition) is 2. The Morgan fingerprint density at radius 1 is 1.25 bits per heavy atom. The van der Waals surface area contributed by atoms with Gasteiger partial charge < -0.3 is 15.5 Å². The standard InChI is InChI=1S/C23H28F3N5O/c1-14(2)9-21-28-10-16-7-8-31(13-20(16)29-21)22(32)30-19-12-27-11-18(19)15-3-5-17(6-4-15)23(24,25)26/h3-6,10,14,18-19,27H,7-9,11-13H2,1-2H3,(H,30,32)/t18-,19+/m0/s1. The van der Waals surface area contributed by atoms with Gasteiger partial charge in [-0.25, -0.2) is 14.8 Å². The van der Waals surface area contributed by atoms with Crippen molar-refractivity contribution in [3.63, 3.8) is 0 Å². The molecule has 0 saturated carbocycles. The van der Waals surface area contributed by atoms with Crippen molar-refractivity contribution in [1.82, 2.24) is 25.5 Å². The highest BCUT2D eigenvalue weighted by Gasteiger charge is 2.34. The number of benzene rings is 1. The smallest absolute Gasteiger partial charge is 0.333 e. The molecule has 0 spiro atoms. The first-order valence-corrected chi connectivity index (χ1v) is 11.0. The highest BCUT2D eigenvalue weighted by Crippen LogP contribution is 2.31. The van der Waals surface area contributed by atoms with Crippen LogP contribution in [0.25, 0.3) is 0 Å². The second-order valence-corrected chi connectivity index (χ2v) is 8.97. The van der Waals surface area contributed by atoms with Crippen LogP contribution in [0.4, 0.5) is 18.0 Å². The SMILES string of the molecule is CC(C)Cc1ncc2c(n1)CN(C(=O)N[C@@H]1CNC[C@H]1c1ccc(C(F)(F)F)cc1)CC2. The number of nitrogens with one attached hydrogen (secondary N) is 2. The molecule has 2 N–H and O–H groups in total. The molecule has 2 aromatic rings. The van der Waals surface area contributed by atoms with E-state index in [2.05, 4.69) is 34.4 Å². The van der Waals surface area contributed by atoms with Gasteiger partial charge in [0.25, 0.3) is 0 Å². The molecule has 6 nitrogen and oxygen atoms in total. The van der Waals surface area contributed by atoms with Crippen LogP contribution in [-0.2, 0) is 25.6 Å². The first-order chi connectivity index (χ1) is 15.2. The molecule has 1 aromatic heterocycles. The lowest BCUT2D eigenvalue weighted by Crippen LogP contribution is -2.48. The lowest BCUT2D eigenvalue weighted by Gasteiger charge is -2.30. The van der Waals surface area contributed by atoms with Crippen molar-refractivity contribution in [2.75, 3.05) is 19.6 Å². The number of carbonyl (C=O) groups excluding carboxylic acids is 1. The molecule has 2 aliphatic heterocycles. The van der Waals surface area contributed by atoms with Gasteiger partial charge in [-0.05, 0) is 35.6 Å². The fourth-order valence-corrected chi connectivity index (χ4v) is 4.33. The van der Waals surface area contributed by atoms with Crippen molar-refractivity contribution in [3.05, 3.63) is 58.7 Å². The summed E-state index contributed by atoms with van der Waals surface area (Å²) in [6, 6.07) is 4.84. The summed E-state index contributed by atoms with van der Waals surface area (Å²) in [6.07, 6.45) is -0.988. The van der Waals surface area contributed by atoms with Crippen LogP contribution in [0.3, 0.4) is 0 Å². The van der Waals surface area contributed by atoms with Crippen LogP contribution in [0.5, 0.6) is 0 Å². The van der Waals surface area contributed by atoms with E-state index in [9.17, 15) is 18.0 Å². The minimum atomic E-state index is -4.36. The molecule has 0 bridgehead atoms. The second kappa shape index (κ2) is 9.05. The van der Waals surface area contributed by atoms with E-state index in [-0.39, 0.29) is 18.0 Å². The Labute approximate surface area is 185 Å². The summed E-state index contributed by atoms with van der Waals surface area (Å²) < 4.78 is 38.6. The molecule has 1 fully saturated rings. The van der Waals surface area contributed by atoms with Crippen LogP contribution in [0.1, 0.15) is 48.0 Å². The zero-order valence-corrected chi connectivity index (χ0v) is 18.2. The van der Waals surface area contributed by atoms with Crippen molar-refractivity contribution < 1.29 is 18.0 Å². The number of rotatable bonds is 4. The Hall–Kier alpha value is -2.68. The Kier molecular flexibility index (Phi) is 6.37. The molecule has 32 heavy (non-hydrogen) atoms. The molecule has 2 amide bonds. The fraction of sp³-hybridized carbons (Fsp3) is 0.522. The summed E-state index contributed by atoms with van der Waals surface area (Å²) in [5, 5.41) is 6.32. The molecule has 0 radical (unpaired) electrons. The molecule has 2 atom stereocenters. The Bertz CT molecular complexity index is 961. The van der Waals surface area contributed by atoms with Gasteiger partial charge >= 0.3 is 12.2 Å². The highest BCUT2D eigenvalue weighted by atomic mass is 19.4. The first-order valence-electron chi connectivity index (χ1n) is 11.0. The van der Waals surface area contributed by atoms with E-state index >= 15 is 0 Å².